The summed E-state index contributed by atoms with van der Waals surface area (Å²) in [6, 6.07) is 0. The molecule has 3 nitrogen and oxygen atoms in total. The average Bonchev–Trinajstić information content (AvgIpc) is 2.72. The van der Waals surface area contributed by atoms with Gasteiger partial charge in [0.05, 0.1) is 27.2 Å². The van der Waals surface area contributed by atoms with Crippen LogP contribution >= 0.6 is 38.6 Å². The number of halogens is 1. The van der Waals surface area contributed by atoms with E-state index in [4.69, 9.17) is 0 Å². The number of aromatic nitrogens is 2. The Morgan fingerprint density at radius 3 is 3.00 bits per heavy atom. The van der Waals surface area contributed by atoms with Crippen LogP contribution in [0.3, 0.4) is 0 Å². The van der Waals surface area contributed by atoms with Crippen molar-refractivity contribution in [3.8, 4) is 0 Å². The zero-order valence-corrected chi connectivity index (χ0v) is 10.7. The summed E-state index contributed by atoms with van der Waals surface area (Å²) >= 11 is 6.62. The van der Waals surface area contributed by atoms with Crippen molar-refractivity contribution in [2.24, 2.45) is 0 Å². The van der Waals surface area contributed by atoms with Crippen molar-refractivity contribution >= 4 is 43.7 Å². The van der Waals surface area contributed by atoms with Crippen LogP contribution in [-0.4, -0.2) is 9.97 Å². The molecular weight excluding hydrogens is 282 g/mol. The second-order valence-electron chi connectivity index (χ2n) is 2.68. The summed E-state index contributed by atoms with van der Waals surface area (Å²) in [7, 11) is 0. The second kappa shape index (κ2) is 4.37. The molecule has 0 aliphatic rings. The van der Waals surface area contributed by atoms with E-state index in [0.717, 1.165) is 26.2 Å². The van der Waals surface area contributed by atoms with Gasteiger partial charge in [-0.15, -0.1) is 11.3 Å². The van der Waals surface area contributed by atoms with Crippen LogP contribution in [0.4, 0.5) is 5.13 Å². The molecule has 0 fully saturated rings. The Labute approximate surface area is 98.4 Å². The van der Waals surface area contributed by atoms with Crippen LogP contribution in [0.2, 0.25) is 0 Å². The van der Waals surface area contributed by atoms with Gasteiger partial charge >= 0.3 is 0 Å². The first kappa shape index (κ1) is 10.1. The highest BCUT2D eigenvalue weighted by Crippen LogP contribution is 2.23. The standard InChI is InChI=1S/C8H8BrN3S2/c1-5-12-6(4-13-5)2-10-8-11-3-7(9)14-8/h3-4H,2H2,1H3,(H,10,11). The average molecular weight is 290 g/mol. The van der Waals surface area contributed by atoms with Crippen LogP contribution in [0.5, 0.6) is 0 Å². The van der Waals surface area contributed by atoms with Crippen molar-refractivity contribution in [2.75, 3.05) is 5.32 Å². The smallest absolute Gasteiger partial charge is 0.184 e. The van der Waals surface area contributed by atoms with Gasteiger partial charge in [0.25, 0.3) is 0 Å². The summed E-state index contributed by atoms with van der Waals surface area (Å²) in [6.07, 6.45) is 1.79. The van der Waals surface area contributed by atoms with Gasteiger partial charge in [-0.05, 0) is 22.9 Å². The van der Waals surface area contributed by atoms with E-state index in [1.165, 1.54) is 0 Å². The van der Waals surface area contributed by atoms with Crippen molar-refractivity contribution in [3.05, 3.63) is 26.1 Å². The fraction of sp³-hybridized carbons (Fsp3) is 0.250. The van der Waals surface area contributed by atoms with E-state index in [2.05, 4.69) is 36.6 Å². The van der Waals surface area contributed by atoms with Gasteiger partial charge in [0.1, 0.15) is 0 Å². The topological polar surface area (TPSA) is 37.8 Å². The molecule has 0 atom stereocenters. The predicted octanol–water partition coefficient (Wildman–Crippen LogP) is 3.28. The minimum Gasteiger partial charge on any atom is -0.356 e. The van der Waals surface area contributed by atoms with Gasteiger partial charge in [-0.1, -0.05) is 11.3 Å². The van der Waals surface area contributed by atoms with E-state index >= 15 is 0 Å². The SMILES string of the molecule is Cc1nc(CNc2ncc(Br)s2)cs1. The lowest BCUT2D eigenvalue weighted by Crippen LogP contribution is -1.98. The normalized spacial score (nSPS) is 10.4. The molecule has 74 valence electrons. The summed E-state index contributed by atoms with van der Waals surface area (Å²) in [4.78, 5) is 8.53. The summed E-state index contributed by atoms with van der Waals surface area (Å²) in [5.74, 6) is 0. The lowest BCUT2D eigenvalue weighted by Gasteiger charge is -1.97. The summed E-state index contributed by atoms with van der Waals surface area (Å²) in [5, 5.41) is 7.30. The fourth-order valence-corrected chi connectivity index (χ4v) is 2.71. The Bertz CT molecular complexity index is 383. The lowest BCUT2D eigenvalue weighted by molar-refractivity contribution is 1.05. The summed E-state index contributed by atoms with van der Waals surface area (Å²) in [6.45, 7) is 2.75. The molecule has 0 aliphatic carbocycles. The molecule has 0 aromatic carbocycles. The maximum Gasteiger partial charge on any atom is 0.184 e. The first-order chi connectivity index (χ1) is 6.74. The van der Waals surface area contributed by atoms with Crippen LogP contribution < -0.4 is 5.32 Å². The molecule has 2 heterocycles. The molecule has 14 heavy (non-hydrogen) atoms. The highest BCUT2D eigenvalue weighted by atomic mass is 79.9. The van der Waals surface area contributed by atoms with Gasteiger partial charge in [0, 0.05) is 5.38 Å². The van der Waals surface area contributed by atoms with Crippen molar-refractivity contribution in [2.45, 2.75) is 13.5 Å². The summed E-state index contributed by atoms with van der Waals surface area (Å²) in [5.41, 5.74) is 1.07. The highest BCUT2D eigenvalue weighted by molar-refractivity contribution is 9.11. The number of nitrogens with zero attached hydrogens (tertiary/aromatic N) is 2. The van der Waals surface area contributed by atoms with Crippen molar-refractivity contribution < 1.29 is 0 Å². The van der Waals surface area contributed by atoms with Gasteiger partial charge < -0.3 is 5.32 Å². The Kier molecular flexibility index (Phi) is 3.15. The molecule has 0 saturated heterocycles. The molecule has 2 aromatic heterocycles. The van der Waals surface area contributed by atoms with Crippen LogP contribution in [0.25, 0.3) is 0 Å². The predicted molar refractivity (Wildman–Crippen MR) is 64.0 cm³/mol. The molecule has 0 bridgehead atoms. The Morgan fingerprint density at radius 2 is 2.43 bits per heavy atom. The first-order valence-electron chi connectivity index (χ1n) is 4.00. The van der Waals surface area contributed by atoms with Gasteiger partial charge in [-0.2, -0.15) is 0 Å². The monoisotopic (exact) mass is 289 g/mol. The fourth-order valence-electron chi connectivity index (χ4n) is 0.992. The van der Waals surface area contributed by atoms with Crippen molar-refractivity contribution in [3.63, 3.8) is 0 Å². The molecule has 2 rings (SSSR count). The molecule has 0 spiro atoms. The van der Waals surface area contributed by atoms with E-state index in [1.807, 2.05) is 6.92 Å². The Morgan fingerprint density at radius 1 is 1.57 bits per heavy atom. The van der Waals surface area contributed by atoms with E-state index in [9.17, 15) is 0 Å². The minimum absolute atomic E-state index is 0.740. The van der Waals surface area contributed by atoms with E-state index in [1.54, 1.807) is 28.9 Å². The molecule has 0 radical (unpaired) electrons. The van der Waals surface area contributed by atoms with Gasteiger partial charge in [0.15, 0.2) is 5.13 Å². The zero-order chi connectivity index (χ0) is 9.97. The van der Waals surface area contributed by atoms with Gasteiger partial charge in [-0.3, -0.25) is 0 Å². The molecule has 0 unspecified atom stereocenters. The van der Waals surface area contributed by atoms with E-state index in [-0.39, 0.29) is 0 Å². The minimum atomic E-state index is 0.740. The number of hydrogen-bond donors (Lipinski definition) is 1. The van der Waals surface area contributed by atoms with Crippen LogP contribution in [0, 0.1) is 6.92 Å². The van der Waals surface area contributed by atoms with Crippen LogP contribution in [0.15, 0.2) is 15.4 Å². The second-order valence-corrected chi connectivity index (χ2v) is 6.15. The highest BCUT2D eigenvalue weighted by Gasteiger charge is 2.01. The van der Waals surface area contributed by atoms with Gasteiger partial charge in [0.2, 0.25) is 0 Å². The molecule has 6 heteroatoms. The Hall–Kier alpha value is -0.460. The van der Waals surface area contributed by atoms with Crippen molar-refractivity contribution in [1.29, 1.82) is 0 Å². The maximum absolute atomic E-state index is 4.35. The largest absolute Gasteiger partial charge is 0.356 e. The van der Waals surface area contributed by atoms with Crippen LogP contribution in [-0.2, 0) is 6.54 Å². The molecule has 0 saturated carbocycles. The molecule has 0 aliphatic heterocycles. The van der Waals surface area contributed by atoms with E-state index < -0.39 is 0 Å². The third-order valence-electron chi connectivity index (χ3n) is 1.56. The lowest BCUT2D eigenvalue weighted by atomic mass is 10.5. The number of thiazole rings is 2. The molecule has 0 amide bonds. The molecule has 1 N–H and O–H groups in total. The number of hydrogen-bond acceptors (Lipinski definition) is 5. The maximum atomic E-state index is 4.35. The van der Waals surface area contributed by atoms with E-state index in [0.29, 0.717) is 0 Å². The number of rotatable bonds is 3. The third-order valence-corrected chi connectivity index (χ3v) is 3.82. The number of aryl methyl sites for hydroxylation is 1. The quantitative estimate of drug-likeness (QED) is 0.942. The zero-order valence-electron chi connectivity index (χ0n) is 7.45. The molecular formula is C8H8BrN3S2. The summed E-state index contributed by atoms with van der Waals surface area (Å²) < 4.78 is 1.04. The number of nitrogens with one attached hydrogen (secondary N) is 1. The molecule has 2 aromatic rings. The third kappa shape index (κ3) is 2.52. The number of anilines is 1. The van der Waals surface area contributed by atoms with Crippen LogP contribution in [0.1, 0.15) is 10.7 Å². The van der Waals surface area contributed by atoms with Crippen molar-refractivity contribution in [1.82, 2.24) is 9.97 Å². The van der Waals surface area contributed by atoms with Gasteiger partial charge in [-0.25, -0.2) is 9.97 Å². The Balaban J connectivity index is 1.94. The first-order valence-corrected chi connectivity index (χ1v) is 6.49.